The zero-order valence-electron chi connectivity index (χ0n) is 11.6. The van der Waals surface area contributed by atoms with Gasteiger partial charge in [-0.15, -0.1) is 0 Å². The number of aliphatic carboxylic acids is 1. The van der Waals surface area contributed by atoms with Crippen LogP contribution in [0.15, 0.2) is 18.2 Å². The number of piperidine rings is 1. The first-order valence-corrected chi connectivity index (χ1v) is 6.58. The smallest absolute Gasteiger partial charge is 0.419 e. The fourth-order valence-corrected chi connectivity index (χ4v) is 2.26. The SMILES string of the molecule is O=C(O)COc1ccc(C2CCC(=O)NC2=O)cc1C(F)(F)F. The number of hydrogen-bond acceptors (Lipinski definition) is 4. The summed E-state index contributed by atoms with van der Waals surface area (Å²) in [6.45, 7) is -0.916. The lowest BCUT2D eigenvalue weighted by Crippen LogP contribution is -2.39. The van der Waals surface area contributed by atoms with Crippen molar-refractivity contribution < 1.29 is 37.4 Å². The van der Waals surface area contributed by atoms with Gasteiger partial charge in [-0.1, -0.05) is 6.07 Å². The summed E-state index contributed by atoms with van der Waals surface area (Å²) in [5, 5.41) is 10.6. The Kier molecular flexibility index (Phi) is 4.57. The lowest BCUT2D eigenvalue weighted by atomic mass is 9.89. The normalized spacial score (nSPS) is 18.5. The van der Waals surface area contributed by atoms with Crippen LogP contribution in [0.25, 0.3) is 0 Å². The molecule has 124 valence electrons. The van der Waals surface area contributed by atoms with Gasteiger partial charge in [0.2, 0.25) is 11.8 Å². The van der Waals surface area contributed by atoms with Gasteiger partial charge in [0.05, 0.1) is 11.5 Å². The Morgan fingerprint density at radius 1 is 1.35 bits per heavy atom. The van der Waals surface area contributed by atoms with E-state index in [-0.39, 0.29) is 18.4 Å². The first kappa shape index (κ1) is 16.8. The maximum Gasteiger partial charge on any atom is 0.419 e. The molecule has 1 aromatic rings. The average Bonchev–Trinajstić information content (AvgIpc) is 2.44. The molecule has 1 fully saturated rings. The van der Waals surface area contributed by atoms with Gasteiger partial charge in [0, 0.05) is 6.42 Å². The van der Waals surface area contributed by atoms with Crippen molar-refractivity contribution in [3.05, 3.63) is 29.3 Å². The Labute approximate surface area is 128 Å². The van der Waals surface area contributed by atoms with Gasteiger partial charge in [-0.2, -0.15) is 13.2 Å². The highest BCUT2D eigenvalue weighted by atomic mass is 19.4. The number of benzene rings is 1. The summed E-state index contributed by atoms with van der Waals surface area (Å²) in [4.78, 5) is 33.3. The van der Waals surface area contributed by atoms with Crippen LogP contribution in [0.2, 0.25) is 0 Å². The van der Waals surface area contributed by atoms with Crippen molar-refractivity contribution in [3.63, 3.8) is 0 Å². The van der Waals surface area contributed by atoms with E-state index < -0.39 is 47.8 Å². The number of rotatable bonds is 4. The number of halogens is 3. The van der Waals surface area contributed by atoms with Crippen molar-refractivity contribution in [1.82, 2.24) is 5.32 Å². The second-order valence-corrected chi connectivity index (χ2v) is 4.94. The lowest BCUT2D eigenvalue weighted by molar-refractivity contribution is -0.143. The Morgan fingerprint density at radius 3 is 2.61 bits per heavy atom. The number of nitrogens with one attached hydrogen (secondary N) is 1. The van der Waals surface area contributed by atoms with Crippen molar-refractivity contribution in [2.45, 2.75) is 24.9 Å². The van der Waals surface area contributed by atoms with Gasteiger partial charge in [0.25, 0.3) is 0 Å². The van der Waals surface area contributed by atoms with E-state index in [2.05, 4.69) is 10.1 Å². The topological polar surface area (TPSA) is 92.7 Å². The van der Waals surface area contributed by atoms with Crippen LogP contribution in [0, 0.1) is 0 Å². The minimum Gasteiger partial charge on any atom is -0.481 e. The Morgan fingerprint density at radius 2 is 2.04 bits per heavy atom. The minimum absolute atomic E-state index is 0.0367. The molecule has 0 spiro atoms. The number of carboxylic acids is 1. The van der Waals surface area contributed by atoms with Crippen molar-refractivity contribution in [3.8, 4) is 5.75 Å². The molecular formula is C14H12F3NO5. The van der Waals surface area contributed by atoms with Gasteiger partial charge in [0.15, 0.2) is 6.61 Å². The van der Waals surface area contributed by atoms with E-state index in [1.807, 2.05) is 0 Å². The van der Waals surface area contributed by atoms with Crippen LogP contribution in [0.5, 0.6) is 5.75 Å². The predicted molar refractivity (Wildman–Crippen MR) is 69.7 cm³/mol. The van der Waals surface area contributed by atoms with E-state index in [0.29, 0.717) is 0 Å². The Bertz CT molecular complexity index is 656. The molecule has 1 aliphatic heterocycles. The monoisotopic (exact) mass is 331 g/mol. The predicted octanol–water partition coefficient (Wildman–Crippen LogP) is 1.69. The molecule has 6 nitrogen and oxygen atoms in total. The molecule has 0 aromatic heterocycles. The lowest BCUT2D eigenvalue weighted by Gasteiger charge is -2.22. The van der Waals surface area contributed by atoms with Crippen LogP contribution in [-0.2, 0) is 20.6 Å². The van der Waals surface area contributed by atoms with Crippen molar-refractivity contribution in [2.24, 2.45) is 0 Å². The number of imide groups is 1. The fraction of sp³-hybridized carbons (Fsp3) is 0.357. The van der Waals surface area contributed by atoms with E-state index in [1.54, 1.807) is 0 Å². The van der Waals surface area contributed by atoms with Gasteiger partial charge >= 0.3 is 12.1 Å². The number of carbonyl (C=O) groups excluding carboxylic acids is 2. The molecule has 9 heteroatoms. The zero-order chi connectivity index (χ0) is 17.2. The number of carbonyl (C=O) groups is 3. The standard InChI is InChI=1S/C14H12F3NO5/c15-14(16,17)9-5-7(1-3-10(9)23-6-12(20)21)8-2-4-11(19)18-13(8)22/h1,3,5,8H,2,4,6H2,(H,20,21)(H,18,19,22). The maximum absolute atomic E-state index is 13.1. The third kappa shape index (κ3) is 3.99. The highest BCUT2D eigenvalue weighted by Gasteiger charge is 2.36. The van der Waals surface area contributed by atoms with Gasteiger partial charge < -0.3 is 9.84 Å². The first-order chi connectivity index (χ1) is 10.7. The second-order valence-electron chi connectivity index (χ2n) is 4.94. The highest BCUT2D eigenvalue weighted by molar-refractivity contribution is 6.00. The number of hydrogen-bond donors (Lipinski definition) is 2. The summed E-state index contributed by atoms with van der Waals surface area (Å²) >= 11 is 0. The van der Waals surface area contributed by atoms with E-state index in [4.69, 9.17) is 5.11 Å². The van der Waals surface area contributed by atoms with Crippen LogP contribution in [-0.4, -0.2) is 29.5 Å². The van der Waals surface area contributed by atoms with Crippen LogP contribution in [0.3, 0.4) is 0 Å². The molecule has 2 amide bonds. The molecule has 1 atom stereocenters. The van der Waals surface area contributed by atoms with E-state index in [9.17, 15) is 27.6 Å². The van der Waals surface area contributed by atoms with Crippen LogP contribution >= 0.6 is 0 Å². The van der Waals surface area contributed by atoms with Crippen LogP contribution < -0.4 is 10.1 Å². The fourth-order valence-electron chi connectivity index (χ4n) is 2.26. The third-order valence-electron chi connectivity index (χ3n) is 3.30. The average molecular weight is 331 g/mol. The molecule has 0 bridgehead atoms. The largest absolute Gasteiger partial charge is 0.481 e. The second kappa shape index (κ2) is 6.27. The van der Waals surface area contributed by atoms with E-state index in [1.165, 1.54) is 6.07 Å². The Hall–Kier alpha value is -2.58. The van der Waals surface area contributed by atoms with Gasteiger partial charge in [-0.05, 0) is 24.1 Å². The van der Waals surface area contributed by atoms with Crippen LogP contribution in [0.4, 0.5) is 13.2 Å². The molecule has 1 aliphatic rings. The van der Waals surface area contributed by atoms with Crippen molar-refractivity contribution in [2.75, 3.05) is 6.61 Å². The first-order valence-electron chi connectivity index (χ1n) is 6.58. The molecule has 23 heavy (non-hydrogen) atoms. The van der Waals surface area contributed by atoms with Gasteiger partial charge in [-0.3, -0.25) is 14.9 Å². The van der Waals surface area contributed by atoms with Crippen molar-refractivity contribution >= 4 is 17.8 Å². The molecule has 2 N–H and O–H groups in total. The van der Waals surface area contributed by atoms with Crippen molar-refractivity contribution in [1.29, 1.82) is 0 Å². The molecule has 1 unspecified atom stereocenters. The van der Waals surface area contributed by atoms with Crippen LogP contribution in [0.1, 0.15) is 29.9 Å². The van der Waals surface area contributed by atoms with E-state index in [0.717, 1.165) is 12.1 Å². The Balaban J connectivity index is 2.34. The van der Waals surface area contributed by atoms with E-state index >= 15 is 0 Å². The quantitative estimate of drug-likeness (QED) is 0.819. The molecule has 1 aromatic carbocycles. The molecule has 0 radical (unpaired) electrons. The van der Waals surface area contributed by atoms with Gasteiger partial charge in [-0.25, -0.2) is 4.79 Å². The zero-order valence-corrected chi connectivity index (χ0v) is 11.6. The van der Waals surface area contributed by atoms with Gasteiger partial charge in [0.1, 0.15) is 5.75 Å². The summed E-state index contributed by atoms with van der Waals surface area (Å²) in [6, 6.07) is 2.98. The summed E-state index contributed by atoms with van der Waals surface area (Å²) in [6.07, 6.45) is -4.63. The number of ether oxygens (including phenoxy) is 1. The third-order valence-corrected chi connectivity index (χ3v) is 3.30. The summed E-state index contributed by atoms with van der Waals surface area (Å²) in [7, 11) is 0. The molecule has 0 aliphatic carbocycles. The minimum atomic E-state index is -4.77. The summed E-state index contributed by atoms with van der Waals surface area (Å²) in [5.74, 6) is -4.04. The highest BCUT2D eigenvalue weighted by Crippen LogP contribution is 2.39. The molecule has 1 saturated heterocycles. The maximum atomic E-state index is 13.1. The number of amides is 2. The number of alkyl halides is 3. The summed E-state index contributed by atoms with van der Waals surface area (Å²) < 4.78 is 43.9. The molecule has 2 rings (SSSR count). The molecule has 1 heterocycles. The summed E-state index contributed by atoms with van der Waals surface area (Å²) in [5.41, 5.74) is -1.08. The molecular weight excluding hydrogens is 319 g/mol. The molecule has 0 saturated carbocycles. The number of carboxylic acid groups (broad SMARTS) is 1.